The highest BCUT2D eigenvalue weighted by atomic mass is 16.5. The summed E-state index contributed by atoms with van der Waals surface area (Å²) in [5, 5.41) is 9.90. The van der Waals surface area contributed by atoms with Gasteiger partial charge < -0.3 is 18.8 Å². The van der Waals surface area contributed by atoms with Crippen LogP contribution < -0.4 is 9.47 Å². The van der Waals surface area contributed by atoms with Gasteiger partial charge in [-0.25, -0.2) is 0 Å². The minimum atomic E-state index is -0.223. The molecule has 1 aliphatic heterocycles. The van der Waals surface area contributed by atoms with Crippen molar-refractivity contribution in [2.24, 2.45) is 0 Å². The Bertz CT molecular complexity index is 1570. The van der Waals surface area contributed by atoms with E-state index in [9.17, 15) is 10.1 Å². The van der Waals surface area contributed by atoms with Crippen LogP contribution in [0.15, 0.2) is 53.2 Å². The van der Waals surface area contributed by atoms with Gasteiger partial charge in [-0.3, -0.25) is 19.7 Å². The minimum Gasteiger partial charge on any atom is -0.496 e. The smallest absolute Gasteiger partial charge is 0.272 e. The van der Waals surface area contributed by atoms with Crippen molar-refractivity contribution in [3.63, 3.8) is 0 Å². The zero-order valence-corrected chi connectivity index (χ0v) is 22.8. The molecule has 9 heteroatoms. The number of methoxy groups -OCH3 is 1. The van der Waals surface area contributed by atoms with Crippen molar-refractivity contribution in [2.75, 3.05) is 34.3 Å². The van der Waals surface area contributed by atoms with Gasteiger partial charge in [-0.05, 0) is 44.0 Å². The summed E-state index contributed by atoms with van der Waals surface area (Å²) in [4.78, 5) is 25.0. The lowest BCUT2D eigenvalue weighted by atomic mass is 10.0. The van der Waals surface area contributed by atoms with Crippen molar-refractivity contribution in [1.29, 1.82) is 5.26 Å². The lowest BCUT2D eigenvalue weighted by Gasteiger charge is -2.20. The number of ether oxygens (including phenoxy) is 2. The van der Waals surface area contributed by atoms with Crippen LogP contribution in [0.4, 0.5) is 0 Å². The van der Waals surface area contributed by atoms with E-state index in [0.29, 0.717) is 45.5 Å². The zero-order chi connectivity index (χ0) is 27.7. The summed E-state index contributed by atoms with van der Waals surface area (Å²) in [6.07, 6.45) is 4.28. The van der Waals surface area contributed by atoms with Crippen molar-refractivity contribution in [2.45, 2.75) is 32.4 Å². The fraction of sp³-hybridized carbons (Fsp3) is 0.333. The van der Waals surface area contributed by atoms with Gasteiger partial charge in [0.05, 0.1) is 18.2 Å². The molecule has 1 atom stereocenters. The quantitative estimate of drug-likeness (QED) is 0.332. The van der Waals surface area contributed by atoms with Gasteiger partial charge in [-0.15, -0.1) is 0 Å². The Hall–Kier alpha value is -4.42. The van der Waals surface area contributed by atoms with Crippen LogP contribution in [0.2, 0.25) is 0 Å². The van der Waals surface area contributed by atoms with E-state index < -0.39 is 0 Å². The summed E-state index contributed by atoms with van der Waals surface area (Å²) >= 11 is 0. The van der Waals surface area contributed by atoms with Gasteiger partial charge >= 0.3 is 0 Å². The summed E-state index contributed by atoms with van der Waals surface area (Å²) < 4.78 is 18.1. The first-order valence-corrected chi connectivity index (χ1v) is 12.9. The number of nitriles is 1. The summed E-state index contributed by atoms with van der Waals surface area (Å²) in [5.74, 6) is 1.34. The van der Waals surface area contributed by atoms with E-state index in [2.05, 4.69) is 34.8 Å². The van der Waals surface area contributed by atoms with Gasteiger partial charge in [0.1, 0.15) is 40.6 Å². The molecule has 200 valence electrons. The van der Waals surface area contributed by atoms with Crippen LogP contribution in [0.25, 0.3) is 33.6 Å². The molecular formula is C30H31N5O4. The second-order valence-corrected chi connectivity index (χ2v) is 10.1. The molecule has 9 nitrogen and oxygen atoms in total. The molecule has 1 aliphatic rings. The van der Waals surface area contributed by atoms with E-state index in [1.807, 2.05) is 30.3 Å². The van der Waals surface area contributed by atoms with E-state index >= 15 is 0 Å². The maximum absolute atomic E-state index is 12.4. The second-order valence-electron chi connectivity index (χ2n) is 10.1. The molecule has 39 heavy (non-hydrogen) atoms. The molecule has 0 N–H and O–H groups in total. The molecule has 1 fully saturated rings. The maximum atomic E-state index is 12.4. The van der Waals surface area contributed by atoms with Gasteiger partial charge in [0, 0.05) is 63.3 Å². The predicted molar refractivity (Wildman–Crippen MR) is 148 cm³/mol. The highest BCUT2D eigenvalue weighted by Crippen LogP contribution is 2.38. The predicted octanol–water partition coefficient (Wildman–Crippen LogP) is 5.00. The number of benzene rings is 1. The molecule has 1 aromatic carbocycles. The topological polar surface area (TPSA) is 105 Å². The lowest BCUT2D eigenvalue weighted by Crippen LogP contribution is -2.30. The molecule has 1 unspecified atom stereocenters. The average molecular weight is 526 g/mol. The number of carbonyl (C=O) groups is 1. The van der Waals surface area contributed by atoms with Crippen molar-refractivity contribution in [3.8, 4) is 40.0 Å². The van der Waals surface area contributed by atoms with Crippen LogP contribution in [0.1, 0.15) is 36.3 Å². The first-order valence-electron chi connectivity index (χ1n) is 12.9. The average Bonchev–Trinajstić information content (AvgIpc) is 3.60. The molecule has 3 aromatic heterocycles. The largest absolute Gasteiger partial charge is 0.496 e. The molecule has 1 amide bonds. The van der Waals surface area contributed by atoms with E-state index in [-0.39, 0.29) is 17.7 Å². The molecule has 0 radical (unpaired) electrons. The van der Waals surface area contributed by atoms with Gasteiger partial charge in [0.15, 0.2) is 5.58 Å². The number of fused-ring (bicyclic) bond motifs is 1. The SMILES string of the molecule is COc1cc(C(=O)N(C)C)ncc1-c1cc2nccc(-c3ccc(OC4CCN(C(C)C)C4)c(C#N)c3)c2o1. The number of carbonyl (C=O) groups excluding carboxylic acids is 1. The molecule has 5 rings (SSSR count). The summed E-state index contributed by atoms with van der Waals surface area (Å²) in [6, 6.07) is 13.7. The summed E-state index contributed by atoms with van der Waals surface area (Å²) in [7, 11) is 4.87. The molecule has 0 bridgehead atoms. The molecular weight excluding hydrogens is 494 g/mol. The number of nitrogens with zero attached hydrogens (tertiary/aromatic N) is 5. The zero-order valence-electron chi connectivity index (χ0n) is 22.8. The second kappa shape index (κ2) is 10.8. The van der Waals surface area contributed by atoms with Crippen molar-refractivity contribution in [3.05, 3.63) is 60.0 Å². The number of amides is 1. The third kappa shape index (κ3) is 5.16. The summed E-state index contributed by atoms with van der Waals surface area (Å²) in [5.41, 5.74) is 4.19. The number of furan rings is 1. The number of hydrogen-bond donors (Lipinski definition) is 0. The standard InChI is InChI=1S/C30H31N5O4/c1-18(2)35-11-9-21(17-35)38-26-7-6-19(12-20(26)15-31)22-8-10-32-24-13-28(39-29(22)24)23-16-33-25(14-27(23)37-5)30(36)34(3)4/h6-8,10,12-14,16,18,21H,9,11,17H2,1-5H3. The van der Waals surface area contributed by atoms with E-state index in [1.165, 1.54) is 12.0 Å². The van der Waals surface area contributed by atoms with Crippen LogP contribution in [-0.4, -0.2) is 72.1 Å². The lowest BCUT2D eigenvalue weighted by molar-refractivity contribution is 0.0821. The molecule has 4 heterocycles. The fourth-order valence-corrected chi connectivity index (χ4v) is 4.82. The minimum absolute atomic E-state index is 0.0635. The molecule has 1 saturated heterocycles. The van der Waals surface area contributed by atoms with E-state index in [1.54, 1.807) is 32.6 Å². The third-order valence-corrected chi connectivity index (χ3v) is 7.00. The Morgan fingerprint density at radius 2 is 1.97 bits per heavy atom. The van der Waals surface area contributed by atoms with Crippen LogP contribution >= 0.6 is 0 Å². The molecule has 4 aromatic rings. The monoisotopic (exact) mass is 525 g/mol. The van der Waals surface area contributed by atoms with Gasteiger partial charge in [-0.1, -0.05) is 6.07 Å². The number of pyridine rings is 2. The normalized spacial score (nSPS) is 15.5. The molecule has 0 aliphatic carbocycles. The van der Waals surface area contributed by atoms with Gasteiger partial charge in [0.25, 0.3) is 5.91 Å². The third-order valence-electron chi connectivity index (χ3n) is 7.00. The number of rotatable bonds is 7. The van der Waals surface area contributed by atoms with Gasteiger partial charge in [-0.2, -0.15) is 5.26 Å². The Labute approximate surface area is 227 Å². The van der Waals surface area contributed by atoms with Crippen LogP contribution in [0.3, 0.4) is 0 Å². The van der Waals surface area contributed by atoms with Crippen LogP contribution in [-0.2, 0) is 0 Å². The maximum Gasteiger partial charge on any atom is 0.272 e. The van der Waals surface area contributed by atoms with Crippen LogP contribution in [0.5, 0.6) is 11.5 Å². The Morgan fingerprint density at radius 3 is 2.67 bits per heavy atom. The summed E-state index contributed by atoms with van der Waals surface area (Å²) in [6.45, 7) is 6.21. The Morgan fingerprint density at radius 1 is 1.15 bits per heavy atom. The number of likely N-dealkylation sites (tertiary alicyclic amines) is 1. The van der Waals surface area contributed by atoms with Crippen molar-refractivity contribution >= 4 is 17.0 Å². The fourth-order valence-electron chi connectivity index (χ4n) is 4.82. The van der Waals surface area contributed by atoms with E-state index in [0.717, 1.165) is 30.6 Å². The Kier molecular flexibility index (Phi) is 7.22. The number of hydrogen-bond acceptors (Lipinski definition) is 8. The van der Waals surface area contributed by atoms with Crippen LogP contribution in [0, 0.1) is 11.3 Å². The highest BCUT2D eigenvalue weighted by Gasteiger charge is 2.26. The van der Waals surface area contributed by atoms with Crippen molar-refractivity contribution < 1.29 is 18.7 Å². The van der Waals surface area contributed by atoms with Gasteiger partial charge in [0.2, 0.25) is 0 Å². The number of aromatic nitrogens is 2. The first kappa shape index (κ1) is 26.2. The van der Waals surface area contributed by atoms with E-state index in [4.69, 9.17) is 13.9 Å². The first-order chi connectivity index (χ1) is 18.8. The highest BCUT2D eigenvalue weighted by molar-refractivity contribution is 5.95. The molecule has 0 spiro atoms. The Balaban J connectivity index is 1.47. The molecule has 0 saturated carbocycles. The van der Waals surface area contributed by atoms with Crippen molar-refractivity contribution in [1.82, 2.24) is 19.8 Å².